The SMILES string of the molecule is O=c1[nH]c(-c2ccccc2)nc(O)c1C=Nc1ccccc1. The molecule has 0 saturated carbocycles. The Kier molecular flexibility index (Phi) is 3.78. The van der Waals surface area contributed by atoms with E-state index in [0.717, 1.165) is 5.56 Å². The van der Waals surface area contributed by atoms with Gasteiger partial charge in [-0.1, -0.05) is 48.5 Å². The second-order valence-corrected chi connectivity index (χ2v) is 4.61. The van der Waals surface area contributed by atoms with Crippen LogP contribution in [0.2, 0.25) is 0 Å². The van der Waals surface area contributed by atoms with Gasteiger partial charge in [0.05, 0.1) is 5.69 Å². The molecule has 108 valence electrons. The molecule has 22 heavy (non-hydrogen) atoms. The van der Waals surface area contributed by atoms with E-state index in [-0.39, 0.29) is 11.4 Å². The number of hydrogen-bond donors (Lipinski definition) is 2. The first kappa shape index (κ1) is 13.8. The summed E-state index contributed by atoms with van der Waals surface area (Å²) in [7, 11) is 0. The molecule has 5 nitrogen and oxygen atoms in total. The highest BCUT2D eigenvalue weighted by Crippen LogP contribution is 2.17. The number of para-hydroxylation sites is 1. The molecule has 1 heterocycles. The van der Waals surface area contributed by atoms with Gasteiger partial charge in [0.1, 0.15) is 11.4 Å². The number of nitrogens with zero attached hydrogens (tertiary/aromatic N) is 2. The monoisotopic (exact) mass is 291 g/mol. The summed E-state index contributed by atoms with van der Waals surface area (Å²) in [6, 6.07) is 18.3. The van der Waals surface area contributed by atoms with Crippen LogP contribution in [-0.2, 0) is 0 Å². The highest BCUT2D eigenvalue weighted by molar-refractivity contribution is 5.84. The standard InChI is InChI=1S/C17H13N3O2/c21-16-14(11-18-13-9-5-2-6-10-13)17(22)20-15(19-16)12-7-3-1-4-8-12/h1-11H,(H2,19,20,21,22). The van der Waals surface area contributed by atoms with Crippen LogP contribution in [0.3, 0.4) is 0 Å². The van der Waals surface area contributed by atoms with E-state index in [2.05, 4.69) is 15.0 Å². The van der Waals surface area contributed by atoms with Gasteiger partial charge in [0.15, 0.2) is 0 Å². The third-order valence-electron chi connectivity index (χ3n) is 3.08. The summed E-state index contributed by atoms with van der Waals surface area (Å²) >= 11 is 0. The quantitative estimate of drug-likeness (QED) is 0.728. The molecule has 2 aromatic carbocycles. The molecule has 0 radical (unpaired) electrons. The molecular formula is C17H13N3O2. The second kappa shape index (κ2) is 6.05. The maximum Gasteiger partial charge on any atom is 0.263 e. The van der Waals surface area contributed by atoms with Crippen LogP contribution in [-0.4, -0.2) is 21.3 Å². The van der Waals surface area contributed by atoms with E-state index >= 15 is 0 Å². The molecule has 0 amide bonds. The number of nitrogens with one attached hydrogen (secondary N) is 1. The van der Waals surface area contributed by atoms with Crippen LogP contribution in [0.1, 0.15) is 5.56 Å². The molecular weight excluding hydrogens is 278 g/mol. The largest absolute Gasteiger partial charge is 0.493 e. The molecule has 1 aromatic heterocycles. The molecule has 3 rings (SSSR count). The molecule has 0 aliphatic rings. The van der Waals surface area contributed by atoms with Crippen LogP contribution in [0.5, 0.6) is 5.88 Å². The van der Waals surface area contributed by atoms with E-state index in [0.29, 0.717) is 11.5 Å². The maximum absolute atomic E-state index is 12.1. The van der Waals surface area contributed by atoms with E-state index < -0.39 is 5.56 Å². The predicted octanol–water partition coefficient (Wildman–Crippen LogP) is 2.89. The minimum absolute atomic E-state index is 0.0311. The Labute approximate surface area is 126 Å². The molecule has 2 N–H and O–H groups in total. The van der Waals surface area contributed by atoms with Crippen LogP contribution in [0.15, 0.2) is 70.5 Å². The molecule has 0 aliphatic heterocycles. The zero-order valence-electron chi connectivity index (χ0n) is 11.6. The van der Waals surface area contributed by atoms with Crippen molar-refractivity contribution >= 4 is 11.9 Å². The van der Waals surface area contributed by atoms with Gasteiger partial charge < -0.3 is 10.1 Å². The van der Waals surface area contributed by atoms with Gasteiger partial charge in [-0.2, -0.15) is 4.98 Å². The fraction of sp³-hybridized carbons (Fsp3) is 0. The summed E-state index contributed by atoms with van der Waals surface area (Å²) in [5.41, 5.74) is 1.00. The molecule has 0 spiro atoms. The van der Waals surface area contributed by atoms with Crippen LogP contribution in [0, 0.1) is 0 Å². The molecule has 0 bridgehead atoms. The highest BCUT2D eigenvalue weighted by Gasteiger charge is 2.09. The topological polar surface area (TPSA) is 78.3 Å². The lowest BCUT2D eigenvalue weighted by Gasteiger charge is -2.03. The molecule has 0 unspecified atom stereocenters. The molecule has 5 heteroatoms. The third-order valence-corrected chi connectivity index (χ3v) is 3.08. The van der Waals surface area contributed by atoms with Gasteiger partial charge in [0.25, 0.3) is 5.56 Å². The van der Waals surface area contributed by atoms with Gasteiger partial charge in [-0.15, -0.1) is 0 Å². The maximum atomic E-state index is 12.1. The Morgan fingerprint density at radius 1 is 1.00 bits per heavy atom. The molecule has 0 atom stereocenters. The van der Waals surface area contributed by atoms with Gasteiger partial charge in [0, 0.05) is 11.8 Å². The summed E-state index contributed by atoms with van der Waals surface area (Å²) in [4.78, 5) is 22.9. The number of H-pyrrole nitrogens is 1. The van der Waals surface area contributed by atoms with Crippen LogP contribution < -0.4 is 5.56 Å². The average Bonchev–Trinajstić information content (AvgIpc) is 2.56. The van der Waals surface area contributed by atoms with Crippen LogP contribution >= 0.6 is 0 Å². The average molecular weight is 291 g/mol. The number of benzene rings is 2. The number of hydrogen-bond acceptors (Lipinski definition) is 4. The van der Waals surface area contributed by atoms with Gasteiger partial charge >= 0.3 is 0 Å². The van der Waals surface area contributed by atoms with Crippen molar-refractivity contribution in [3.8, 4) is 17.3 Å². The van der Waals surface area contributed by atoms with Crippen molar-refractivity contribution in [2.24, 2.45) is 4.99 Å². The number of rotatable bonds is 3. The Hall–Kier alpha value is -3.21. The summed E-state index contributed by atoms with van der Waals surface area (Å²) < 4.78 is 0. The lowest BCUT2D eigenvalue weighted by Crippen LogP contribution is -2.14. The molecule has 0 aliphatic carbocycles. The number of aromatic nitrogens is 2. The van der Waals surface area contributed by atoms with Gasteiger partial charge in [-0.3, -0.25) is 9.79 Å². The lowest BCUT2D eigenvalue weighted by molar-refractivity contribution is 0.451. The van der Waals surface area contributed by atoms with E-state index in [1.807, 2.05) is 36.4 Å². The normalized spacial score (nSPS) is 10.9. The Morgan fingerprint density at radius 3 is 2.27 bits per heavy atom. The fourth-order valence-corrected chi connectivity index (χ4v) is 1.97. The predicted molar refractivity (Wildman–Crippen MR) is 85.7 cm³/mol. The van der Waals surface area contributed by atoms with Crippen LogP contribution in [0.25, 0.3) is 11.4 Å². The van der Waals surface area contributed by atoms with Gasteiger partial charge in [0.2, 0.25) is 5.88 Å². The highest BCUT2D eigenvalue weighted by atomic mass is 16.3. The van der Waals surface area contributed by atoms with Crippen molar-refractivity contribution < 1.29 is 5.11 Å². The van der Waals surface area contributed by atoms with Crippen molar-refractivity contribution in [1.29, 1.82) is 0 Å². The first-order valence-electron chi connectivity index (χ1n) is 6.72. The number of aromatic hydroxyl groups is 1. The summed E-state index contributed by atoms with van der Waals surface area (Å²) in [5.74, 6) is -0.0257. The molecule has 0 saturated heterocycles. The van der Waals surface area contributed by atoms with Crippen molar-refractivity contribution in [1.82, 2.24) is 9.97 Å². The van der Waals surface area contributed by atoms with Crippen molar-refractivity contribution in [2.75, 3.05) is 0 Å². The van der Waals surface area contributed by atoms with Gasteiger partial charge in [-0.25, -0.2) is 0 Å². The minimum Gasteiger partial charge on any atom is -0.493 e. The van der Waals surface area contributed by atoms with Crippen LogP contribution in [0.4, 0.5) is 5.69 Å². The Morgan fingerprint density at radius 2 is 1.64 bits per heavy atom. The van der Waals surface area contributed by atoms with Crippen molar-refractivity contribution in [2.45, 2.75) is 0 Å². The summed E-state index contributed by atoms with van der Waals surface area (Å²) in [5, 5.41) is 9.99. The van der Waals surface area contributed by atoms with E-state index in [4.69, 9.17) is 0 Å². The zero-order chi connectivity index (χ0) is 15.4. The number of aliphatic imine (C=N–C) groups is 1. The smallest absolute Gasteiger partial charge is 0.263 e. The minimum atomic E-state index is -0.439. The first-order chi connectivity index (χ1) is 10.7. The summed E-state index contributed by atoms with van der Waals surface area (Å²) in [6.45, 7) is 0. The summed E-state index contributed by atoms with van der Waals surface area (Å²) in [6.07, 6.45) is 1.31. The third kappa shape index (κ3) is 2.93. The van der Waals surface area contributed by atoms with E-state index in [1.54, 1.807) is 24.3 Å². The first-order valence-corrected chi connectivity index (χ1v) is 6.72. The van der Waals surface area contributed by atoms with Gasteiger partial charge in [-0.05, 0) is 12.1 Å². The zero-order valence-corrected chi connectivity index (χ0v) is 11.6. The Bertz CT molecular complexity index is 856. The van der Waals surface area contributed by atoms with E-state index in [1.165, 1.54) is 6.21 Å². The number of aromatic amines is 1. The Balaban J connectivity index is 1.98. The van der Waals surface area contributed by atoms with Crippen molar-refractivity contribution in [3.63, 3.8) is 0 Å². The van der Waals surface area contributed by atoms with Crippen molar-refractivity contribution in [3.05, 3.63) is 76.6 Å². The molecule has 0 fully saturated rings. The fourth-order valence-electron chi connectivity index (χ4n) is 1.97. The second-order valence-electron chi connectivity index (χ2n) is 4.61. The lowest BCUT2D eigenvalue weighted by atomic mass is 10.2. The van der Waals surface area contributed by atoms with E-state index in [9.17, 15) is 9.90 Å². The molecule has 3 aromatic rings.